The molecule has 0 spiro atoms. The number of rotatable bonds is 4. The van der Waals surface area contributed by atoms with Crippen molar-refractivity contribution in [3.8, 4) is 11.1 Å². The van der Waals surface area contributed by atoms with Crippen LogP contribution in [-0.2, 0) is 0 Å². The number of carbonyl (C=O) groups is 1. The number of aliphatic hydroxyl groups excluding tert-OH is 1. The minimum Gasteiger partial charge on any atom is -0.393 e. The molecule has 4 rings (SSSR count). The highest BCUT2D eigenvalue weighted by molar-refractivity contribution is 5.97. The number of aliphatic hydroxyl groups is 1. The zero-order valence-corrected chi connectivity index (χ0v) is 14.3. The summed E-state index contributed by atoms with van der Waals surface area (Å²) in [6, 6.07) is 7.71. The molecule has 1 saturated carbocycles. The monoisotopic (exact) mass is 351 g/mol. The first-order valence-electron chi connectivity index (χ1n) is 8.79. The van der Waals surface area contributed by atoms with Gasteiger partial charge in [0.2, 0.25) is 0 Å². The molecule has 0 bridgehead atoms. The molecule has 7 nitrogen and oxygen atoms in total. The molecule has 1 aliphatic rings. The van der Waals surface area contributed by atoms with E-state index in [9.17, 15) is 9.90 Å². The van der Waals surface area contributed by atoms with Crippen LogP contribution in [0.1, 0.15) is 36.2 Å². The van der Waals surface area contributed by atoms with Crippen LogP contribution in [-0.4, -0.2) is 38.1 Å². The lowest BCUT2D eigenvalue weighted by atomic mass is 9.93. The molecule has 3 aromatic heterocycles. The Kier molecular flexibility index (Phi) is 4.30. The summed E-state index contributed by atoms with van der Waals surface area (Å²) in [7, 11) is 0. The van der Waals surface area contributed by atoms with Gasteiger partial charge in [0.25, 0.3) is 5.91 Å². The fourth-order valence-electron chi connectivity index (χ4n) is 3.51. The lowest BCUT2D eigenvalue weighted by Crippen LogP contribution is -2.28. The Morgan fingerprint density at radius 3 is 2.85 bits per heavy atom. The fourth-order valence-corrected chi connectivity index (χ4v) is 3.51. The molecular formula is C19H21N5O2. The smallest absolute Gasteiger partial charge is 0.267 e. The zero-order valence-electron chi connectivity index (χ0n) is 14.3. The highest BCUT2D eigenvalue weighted by Crippen LogP contribution is 2.30. The van der Waals surface area contributed by atoms with E-state index in [1.807, 2.05) is 24.4 Å². The molecule has 1 aliphatic carbocycles. The molecule has 0 saturated heterocycles. The van der Waals surface area contributed by atoms with E-state index in [0.717, 1.165) is 47.8 Å². The minimum atomic E-state index is -0.563. The number of nitrogens with one attached hydrogen (secondary N) is 2. The van der Waals surface area contributed by atoms with E-state index >= 15 is 0 Å². The quantitative estimate of drug-likeness (QED) is 0.576. The van der Waals surface area contributed by atoms with E-state index in [1.165, 1.54) is 0 Å². The molecule has 1 amide bonds. The van der Waals surface area contributed by atoms with Crippen LogP contribution in [0.5, 0.6) is 0 Å². The van der Waals surface area contributed by atoms with Gasteiger partial charge in [-0.25, -0.2) is 9.97 Å². The number of carbonyl (C=O) groups excluding carboxylic acids is 1. The van der Waals surface area contributed by atoms with Crippen LogP contribution in [0.4, 0.5) is 5.82 Å². The standard InChI is InChI=1S/C19H21N5O2/c20-18(26)16-8-11(15-10-22-19-14(15)2-1-7-21-19)9-17(24-16)23-12-3-5-13(25)6-4-12/h1-2,7-10,12-13,25H,3-6H2,(H2,20,26)(H,21,22)(H,23,24)/t12-,13-. The van der Waals surface area contributed by atoms with Gasteiger partial charge in [0.05, 0.1) is 6.10 Å². The Morgan fingerprint density at radius 2 is 2.08 bits per heavy atom. The van der Waals surface area contributed by atoms with Crippen molar-refractivity contribution in [1.82, 2.24) is 15.0 Å². The normalized spacial score (nSPS) is 20.2. The van der Waals surface area contributed by atoms with Gasteiger partial charge < -0.3 is 21.1 Å². The van der Waals surface area contributed by atoms with E-state index in [2.05, 4.69) is 20.3 Å². The topological polar surface area (TPSA) is 117 Å². The van der Waals surface area contributed by atoms with Crippen molar-refractivity contribution in [2.45, 2.75) is 37.8 Å². The van der Waals surface area contributed by atoms with Gasteiger partial charge in [0.15, 0.2) is 0 Å². The van der Waals surface area contributed by atoms with Gasteiger partial charge in [-0.05, 0) is 55.5 Å². The Hall–Kier alpha value is -2.93. The van der Waals surface area contributed by atoms with Crippen LogP contribution in [0.3, 0.4) is 0 Å². The number of anilines is 1. The molecule has 0 aromatic carbocycles. The molecular weight excluding hydrogens is 330 g/mol. The van der Waals surface area contributed by atoms with E-state index in [1.54, 1.807) is 12.3 Å². The Labute approximate surface area is 150 Å². The number of nitrogens with zero attached hydrogens (tertiary/aromatic N) is 2. The number of primary amides is 1. The van der Waals surface area contributed by atoms with Crippen LogP contribution in [0.15, 0.2) is 36.7 Å². The molecule has 0 unspecified atom stereocenters. The third kappa shape index (κ3) is 3.25. The van der Waals surface area contributed by atoms with Crippen LogP contribution >= 0.6 is 0 Å². The third-order valence-electron chi connectivity index (χ3n) is 4.89. The molecule has 3 heterocycles. The van der Waals surface area contributed by atoms with Gasteiger partial charge in [-0.3, -0.25) is 4.79 Å². The van der Waals surface area contributed by atoms with E-state index in [0.29, 0.717) is 5.82 Å². The SMILES string of the molecule is NC(=O)c1cc(-c2c[nH]c3ncccc23)cc(N[C@H]2CC[C@H](O)CC2)n1. The zero-order chi connectivity index (χ0) is 18.1. The summed E-state index contributed by atoms with van der Waals surface area (Å²) in [6.07, 6.45) is 6.67. The average Bonchev–Trinajstić information content (AvgIpc) is 3.07. The number of pyridine rings is 2. The number of nitrogens with two attached hydrogens (primary N) is 1. The Morgan fingerprint density at radius 1 is 1.27 bits per heavy atom. The van der Waals surface area contributed by atoms with Gasteiger partial charge in [0.1, 0.15) is 17.2 Å². The minimum absolute atomic E-state index is 0.216. The molecule has 26 heavy (non-hydrogen) atoms. The number of aromatic amines is 1. The first kappa shape index (κ1) is 16.5. The molecule has 0 aliphatic heterocycles. The Bertz CT molecular complexity index is 944. The predicted octanol–water partition coefficient (Wildman–Crippen LogP) is 2.44. The summed E-state index contributed by atoms with van der Waals surface area (Å²) in [5.41, 5.74) is 8.29. The summed E-state index contributed by atoms with van der Waals surface area (Å²) in [5.74, 6) is 0.0582. The largest absolute Gasteiger partial charge is 0.393 e. The van der Waals surface area contributed by atoms with Gasteiger partial charge in [-0.1, -0.05) is 0 Å². The van der Waals surface area contributed by atoms with E-state index in [-0.39, 0.29) is 17.8 Å². The Balaban J connectivity index is 1.70. The number of H-pyrrole nitrogens is 1. The van der Waals surface area contributed by atoms with Crippen LogP contribution < -0.4 is 11.1 Å². The summed E-state index contributed by atoms with van der Waals surface area (Å²) >= 11 is 0. The second-order valence-electron chi connectivity index (χ2n) is 6.74. The highest BCUT2D eigenvalue weighted by Gasteiger charge is 2.20. The maximum atomic E-state index is 11.8. The van der Waals surface area contributed by atoms with Gasteiger partial charge in [-0.2, -0.15) is 0 Å². The highest BCUT2D eigenvalue weighted by atomic mass is 16.3. The van der Waals surface area contributed by atoms with Crippen molar-refractivity contribution < 1.29 is 9.90 Å². The van der Waals surface area contributed by atoms with Crippen molar-refractivity contribution in [1.29, 1.82) is 0 Å². The number of aromatic nitrogens is 3. The first-order valence-corrected chi connectivity index (χ1v) is 8.79. The fraction of sp³-hybridized carbons (Fsp3) is 0.316. The van der Waals surface area contributed by atoms with Crippen molar-refractivity contribution in [3.63, 3.8) is 0 Å². The van der Waals surface area contributed by atoms with E-state index < -0.39 is 5.91 Å². The van der Waals surface area contributed by atoms with Gasteiger partial charge >= 0.3 is 0 Å². The van der Waals surface area contributed by atoms with Crippen LogP contribution in [0.2, 0.25) is 0 Å². The van der Waals surface area contributed by atoms with Crippen LogP contribution in [0.25, 0.3) is 22.2 Å². The summed E-state index contributed by atoms with van der Waals surface area (Å²) in [5, 5.41) is 14.0. The number of hydrogen-bond donors (Lipinski definition) is 4. The van der Waals surface area contributed by atoms with Crippen molar-refractivity contribution >= 4 is 22.8 Å². The summed E-state index contributed by atoms with van der Waals surface area (Å²) in [6.45, 7) is 0. The molecule has 0 radical (unpaired) electrons. The molecule has 134 valence electrons. The van der Waals surface area contributed by atoms with E-state index in [4.69, 9.17) is 5.73 Å². The first-order chi connectivity index (χ1) is 12.6. The lowest BCUT2D eigenvalue weighted by Gasteiger charge is -2.26. The summed E-state index contributed by atoms with van der Waals surface area (Å²) in [4.78, 5) is 23.6. The average molecular weight is 351 g/mol. The number of amides is 1. The van der Waals surface area contributed by atoms with Crippen molar-refractivity contribution in [2.24, 2.45) is 5.73 Å². The van der Waals surface area contributed by atoms with Crippen molar-refractivity contribution in [2.75, 3.05) is 5.32 Å². The lowest BCUT2D eigenvalue weighted by molar-refractivity contribution is 0.0995. The maximum absolute atomic E-state index is 11.8. The molecule has 7 heteroatoms. The second-order valence-corrected chi connectivity index (χ2v) is 6.74. The summed E-state index contributed by atoms with van der Waals surface area (Å²) < 4.78 is 0. The van der Waals surface area contributed by atoms with Gasteiger partial charge in [-0.15, -0.1) is 0 Å². The van der Waals surface area contributed by atoms with Gasteiger partial charge in [0, 0.05) is 29.4 Å². The predicted molar refractivity (Wildman–Crippen MR) is 99.7 cm³/mol. The van der Waals surface area contributed by atoms with Crippen LogP contribution in [0, 0.1) is 0 Å². The second kappa shape index (κ2) is 6.76. The number of fused-ring (bicyclic) bond motifs is 1. The molecule has 1 fully saturated rings. The maximum Gasteiger partial charge on any atom is 0.267 e. The molecule has 3 aromatic rings. The third-order valence-corrected chi connectivity index (χ3v) is 4.89. The molecule has 5 N–H and O–H groups in total. The van der Waals surface area contributed by atoms with Crippen molar-refractivity contribution in [3.05, 3.63) is 42.4 Å². The number of hydrogen-bond acceptors (Lipinski definition) is 5. The molecule has 0 atom stereocenters.